The van der Waals surface area contributed by atoms with Crippen molar-refractivity contribution < 1.29 is 9.63 Å². The molecule has 3 heterocycles. The van der Waals surface area contributed by atoms with Crippen molar-refractivity contribution in [3.63, 3.8) is 0 Å². The molecule has 2 aliphatic rings. The predicted octanol–water partition coefficient (Wildman–Crippen LogP) is 6.13. The molecule has 4 rings (SSSR count). The highest BCUT2D eigenvalue weighted by Crippen LogP contribution is 2.34. The third kappa shape index (κ3) is 6.28. The van der Waals surface area contributed by atoms with Crippen LogP contribution in [-0.2, 0) is 4.84 Å². The lowest BCUT2D eigenvalue weighted by Gasteiger charge is -2.49. The molecule has 2 fully saturated rings. The van der Waals surface area contributed by atoms with E-state index in [1.807, 2.05) is 25.7 Å². The third-order valence-corrected chi connectivity index (χ3v) is 8.75. The molecule has 1 amide bonds. The van der Waals surface area contributed by atoms with Gasteiger partial charge in [0.2, 0.25) is 0 Å². The molecule has 8 heteroatoms. The van der Waals surface area contributed by atoms with Gasteiger partial charge in [0, 0.05) is 34.9 Å². The number of carbonyl (C=O) groups is 1. The lowest BCUT2D eigenvalue weighted by atomic mass is 9.82. The van der Waals surface area contributed by atoms with Crippen molar-refractivity contribution in [3.05, 3.63) is 57.1 Å². The highest BCUT2D eigenvalue weighted by molar-refractivity contribution is 9.10. The van der Waals surface area contributed by atoms with E-state index in [-0.39, 0.29) is 17.4 Å². The predicted molar refractivity (Wildman–Crippen MR) is 156 cm³/mol. The minimum Gasteiger partial charge on any atom is -0.396 e. The number of oxime groups is 1. The Hall–Kier alpha value is -2.32. The molecule has 0 unspecified atom stereocenters. The number of aryl methyl sites for hydroxylation is 2. The number of piperidine rings is 2. The van der Waals surface area contributed by atoms with Gasteiger partial charge in [-0.3, -0.25) is 9.69 Å². The van der Waals surface area contributed by atoms with Gasteiger partial charge in [0.1, 0.15) is 12.4 Å². The summed E-state index contributed by atoms with van der Waals surface area (Å²) >= 11 is 3.53. The maximum absolute atomic E-state index is 13.5. The molecule has 0 saturated carbocycles. The molecular formula is C30H42BrN5O2. The Labute approximate surface area is 236 Å². The van der Waals surface area contributed by atoms with Gasteiger partial charge in [-0.1, -0.05) is 47.1 Å². The summed E-state index contributed by atoms with van der Waals surface area (Å²) in [6.07, 6.45) is 4.05. The number of hydrogen-bond acceptors (Lipinski definition) is 6. The van der Waals surface area contributed by atoms with E-state index in [2.05, 4.69) is 81.0 Å². The van der Waals surface area contributed by atoms with Gasteiger partial charge in [-0.2, -0.15) is 0 Å². The van der Waals surface area contributed by atoms with E-state index in [1.54, 1.807) is 0 Å². The van der Waals surface area contributed by atoms with Gasteiger partial charge in [-0.05, 0) is 84.2 Å². The monoisotopic (exact) mass is 583 g/mol. The number of likely N-dealkylation sites (tertiary alicyclic amines) is 2. The van der Waals surface area contributed by atoms with Crippen molar-refractivity contribution in [1.29, 1.82) is 0 Å². The van der Waals surface area contributed by atoms with Crippen molar-refractivity contribution in [2.45, 2.75) is 78.7 Å². The third-order valence-electron chi connectivity index (χ3n) is 8.22. The lowest BCUT2D eigenvalue weighted by Crippen LogP contribution is -2.56. The number of rotatable bonds is 7. The van der Waals surface area contributed by atoms with Crippen LogP contribution in [0.4, 0.5) is 0 Å². The van der Waals surface area contributed by atoms with Crippen LogP contribution >= 0.6 is 15.9 Å². The SMILES string of the molecule is CCO/N=C(\c1ccc(Br)cc1)C1CCN(C2(C)CCN(C(=O)c3c(C)nc(C(C)C)nc3C)CC2)CC1. The van der Waals surface area contributed by atoms with Crippen LogP contribution in [0.5, 0.6) is 0 Å². The number of nitrogens with zero attached hydrogens (tertiary/aromatic N) is 5. The van der Waals surface area contributed by atoms with E-state index in [0.717, 1.165) is 84.8 Å². The van der Waals surface area contributed by atoms with Crippen molar-refractivity contribution in [3.8, 4) is 0 Å². The second-order valence-corrected chi connectivity index (χ2v) is 12.1. The van der Waals surface area contributed by atoms with E-state index in [4.69, 9.17) is 4.84 Å². The average Bonchev–Trinajstić information content (AvgIpc) is 2.90. The van der Waals surface area contributed by atoms with Gasteiger partial charge in [-0.15, -0.1) is 0 Å². The lowest BCUT2D eigenvalue weighted by molar-refractivity contribution is 0.0161. The minimum absolute atomic E-state index is 0.0716. The Balaban J connectivity index is 1.38. The first-order chi connectivity index (χ1) is 18.1. The second-order valence-electron chi connectivity index (χ2n) is 11.2. The first-order valence-electron chi connectivity index (χ1n) is 14.0. The molecule has 0 aliphatic carbocycles. The highest BCUT2D eigenvalue weighted by atomic mass is 79.9. The summed E-state index contributed by atoms with van der Waals surface area (Å²) in [7, 11) is 0. The molecule has 0 bridgehead atoms. The molecule has 1 aromatic heterocycles. The summed E-state index contributed by atoms with van der Waals surface area (Å²) in [5.74, 6) is 1.50. The first kappa shape index (κ1) is 28.7. The quantitative estimate of drug-likeness (QED) is 0.290. The second kappa shape index (κ2) is 12.2. The first-order valence-corrected chi connectivity index (χ1v) is 14.8. The van der Waals surface area contributed by atoms with E-state index < -0.39 is 0 Å². The number of hydrogen-bond donors (Lipinski definition) is 0. The van der Waals surface area contributed by atoms with E-state index in [0.29, 0.717) is 18.1 Å². The number of aromatic nitrogens is 2. The molecular weight excluding hydrogens is 542 g/mol. The number of benzene rings is 1. The molecule has 2 aliphatic heterocycles. The highest BCUT2D eigenvalue weighted by Gasteiger charge is 2.39. The number of halogens is 1. The summed E-state index contributed by atoms with van der Waals surface area (Å²) in [4.78, 5) is 32.9. The standard InChI is InChI=1S/C30H42BrN5O2/c1-7-38-34-27(23-8-10-25(31)11-9-23)24-12-16-36(17-13-24)30(6)14-18-35(19-15-30)29(37)26-21(4)32-28(20(2)3)33-22(26)5/h8-11,20,24H,7,12-19H2,1-6H3/b34-27+. The van der Waals surface area contributed by atoms with Crippen LogP contribution in [0, 0.1) is 19.8 Å². The van der Waals surface area contributed by atoms with Crippen LogP contribution in [0.25, 0.3) is 0 Å². The zero-order chi connectivity index (χ0) is 27.4. The van der Waals surface area contributed by atoms with Crippen LogP contribution in [-0.4, -0.2) is 69.7 Å². The number of amides is 1. The van der Waals surface area contributed by atoms with Crippen molar-refractivity contribution in [2.24, 2.45) is 11.1 Å². The fourth-order valence-electron chi connectivity index (χ4n) is 5.79. The molecule has 2 aromatic rings. The summed E-state index contributed by atoms with van der Waals surface area (Å²) in [5, 5.41) is 4.54. The fourth-order valence-corrected chi connectivity index (χ4v) is 6.05. The van der Waals surface area contributed by atoms with E-state index in [9.17, 15) is 4.79 Å². The van der Waals surface area contributed by atoms with Gasteiger partial charge >= 0.3 is 0 Å². The Morgan fingerprint density at radius 1 is 1.08 bits per heavy atom. The Morgan fingerprint density at radius 3 is 2.18 bits per heavy atom. The zero-order valence-electron chi connectivity index (χ0n) is 23.8. The van der Waals surface area contributed by atoms with E-state index >= 15 is 0 Å². The molecule has 2 saturated heterocycles. The number of carbonyl (C=O) groups excluding carboxylic acids is 1. The van der Waals surface area contributed by atoms with Crippen LogP contribution in [0.15, 0.2) is 33.9 Å². The molecule has 0 spiro atoms. The Bertz CT molecular complexity index is 1120. The Kier molecular flexibility index (Phi) is 9.24. The Morgan fingerprint density at radius 2 is 1.66 bits per heavy atom. The van der Waals surface area contributed by atoms with Crippen LogP contribution in [0.2, 0.25) is 0 Å². The largest absolute Gasteiger partial charge is 0.396 e. The molecule has 206 valence electrons. The molecule has 0 N–H and O–H groups in total. The van der Waals surface area contributed by atoms with Crippen LogP contribution < -0.4 is 0 Å². The van der Waals surface area contributed by atoms with Gasteiger partial charge in [0.25, 0.3) is 5.91 Å². The van der Waals surface area contributed by atoms with Gasteiger partial charge < -0.3 is 9.74 Å². The topological polar surface area (TPSA) is 70.9 Å². The zero-order valence-corrected chi connectivity index (χ0v) is 25.3. The molecule has 7 nitrogen and oxygen atoms in total. The fraction of sp³-hybridized carbons (Fsp3) is 0.600. The van der Waals surface area contributed by atoms with Gasteiger partial charge in [0.15, 0.2) is 0 Å². The normalized spacial score (nSPS) is 19.2. The van der Waals surface area contributed by atoms with Crippen LogP contribution in [0.3, 0.4) is 0 Å². The van der Waals surface area contributed by atoms with Crippen molar-refractivity contribution >= 4 is 27.5 Å². The minimum atomic E-state index is 0.0716. The van der Waals surface area contributed by atoms with Gasteiger partial charge in [0.05, 0.1) is 22.7 Å². The molecule has 0 atom stereocenters. The van der Waals surface area contributed by atoms with Crippen LogP contribution in [0.1, 0.15) is 92.4 Å². The molecule has 1 aromatic carbocycles. The van der Waals surface area contributed by atoms with Crippen molar-refractivity contribution in [2.75, 3.05) is 32.8 Å². The van der Waals surface area contributed by atoms with Gasteiger partial charge in [-0.25, -0.2) is 9.97 Å². The smallest absolute Gasteiger partial charge is 0.257 e. The molecule has 38 heavy (non-hydrogen) atoms. The maximum atomic E-state index is 13.5. The maximum Gasteiger partial charge on any atom is 0.257 e. The van der Waals surface area contributed by atoms with E-state index in [1.165, 1.54) is 0 Å². The van der Waals surface area contributed by atoms with Crippen molar-refractivity contribution in [1.82, 2.24) is 19.8 Å². The molecule has 0 radical (unpaired) electrons. The summed E-state index contributed by atoms with van der Waals surface area (Å²) in [6.45, 7) is 16.5. The summed E-state index contributed by atoms with van der Waals surface area (Å²) in [5.41, 5.74) is 4.54. The summed E-state index contributed by atoms with van der Waals surface area (Å²) < 4.78 is 1.06. The average molecular weight is 585 g/mol. The summed E-state index contributed by atoms with van der Waals surface area (Å²) in [6, 6.07) is 8.37.